The highest BCUT2D eigenvalue weighted by atomic mass is 16.3. The molecule has 0 fully saturated rings. The topological polar surface area (TPSA) is 115 Å². The van der Waals surface area contributed by atoms with Crippen molar-refractivity contribution in [3.63, 3.8) is 0 Å². The van der Waals surface area contributed by atoms with Crippen molar-refractivity contribution in [2.24, 2.45) is 5.92 Å². The number of carbonyl (C=O) groups excluding carboxylic acids is 2. The van der Waals surface area contributed by atoms with Crippen molar-refractivity contribution in [3.05, 3.63) is 59.6 Å². The molecule has 0 spiro atoms. The lowest BCUT2D eigenvalue weighted by Gasteiger charge is -2.30. The normalized spacial score (nSPS) is 26.5. The number of aliphatic hydroxyl groups is 4. The van der Waals surface area contributed by atoms with Crippen molar-refractivity contribution in [2.45, 2.75) is 11.7 Å². The molecule has 110 valence electrons. The number of aliphatic hydroxyl groups excluding tert-OH is 3. The van der Waals surface area contributed by atoms with Crippen molar-refractivity contribution in [1.29, 1.82) is 0 Å². The van der Waals surface area contributed by atoms with Gasteiger partial charge in [-0.2, -0.15) is 0 Å². The molecule has 0 aromatic heterocycles. The molecule has 4 N–H and O–H groups in total. The average Bonchev–Trinajstić information content (AvgIpc) is 2.50. The summed E-state index contributed by atoms with van der Waals surface area (Å²) in [6.07, 6.45) is 0.0284. The van der Waals surface area contributed by atoms with E-state index in [0.29, 0.717) is 11.6 Å². The van der Waals surface area contributed by atoms with Gasteiger partial charge in [-0.3, -0.25) is 9.59 Å². The van der Waals surface area contributed by atoms with E-state index in [-0.39, 0.29) is 6.29 Å². The first-order valence-electron chi connectivity index (χ1n) is 6.17. The standard InChI is InChI=1S/C15H14O6/c16-8-15(21)7-12(18)11(17)6-10(15)14(20)13(19)9-4-2-1-3-5-9/h1-8,10,13,17-19,21H. The van der Waals surface area contributed by atoms with Crippen LogP contribution in [-0.4, -0.2) is 38.1 Å². The minimum atomic E-state index is -2.32. The summed E-state index contributed by atoms with van der Waals surface area (Å²) in [5.74, 6) is -3.71. The van der Waals surface area contributed by atoms with Gasteiger partial charge in [0.05, 0.1) is 5.92 Å². The molecule has 3 unspecified atom stereocenters. The minimum absolute atomic E-state index is 0.0758. The van der Waals surface area contributed by atoms with E-state index < -0.39 is 34.9 Å². The smallest absolute Gasteiger partial charge is 0.176 e. The number of aldehydes is 1. The first kappa shape index (κ1) is 15.0. The first-order chi connectivity index (χ1) is 9.89. The van der Waals surface area contributed by atoms with Gasteiger partial charge < -0.3 is 20.4 Å². The van der Waals surface area contributed by atoms with E-state index in [0.717, 1.165) is 6.08 Å². The summed E-state index contributed by atoms with van der Waals surface area (Å²) in [6, 6.07) is 7.98. The van der Waals surface area contributed by atoms with E-state index in [4.69, 9.17) is 0 Å². The molecule has 0 saturated heterocycles. The summed E-state index contributed by atoms with van der Waals surface area (Å²) in [4.78, 5) is 23.3. The van der Waals surface area contributed by atoms with Gasteiger partial charge in [0, 0.05) is 6.08 Å². The summed E-state index contributed by atoms with van der Waals surface area (Å²) in [7, 11) is 0. The molecule has 0 amide bonds. The van der Waals surface area contributed by atoms with Gasteiger partial charge in [0.15, 0.2) is 29.2 Å². The Labute approximate surface area is 120 Å². The Kier molecular flexibility index (Phi) is 3.93. The van der Waals surface area contributed by atoms with Gasteiger partial charge in [0.1, 0.15) is 6.10 Å². The lowest BCUT2D eigenvalue weighted by atomic mass is 9.78. The van der Waals surface area contributed by atoms with Gasteiger partial charge in [-0.05, 0) is 11.6 Å². The van der Waals surface area contributed by atoms with Crippen molar-refractivity contribution in [2.75, 3.05) is 0 Å². The zero-order valence-corrected chi connectivity index (χ0v) is 10.9. The number of benzene rings is 1. The second-order valence-electron chi connectivity index (χ2n) is 4.78. The molecule has 0 bridgehead atoms. The molecule has 0 radical (unpaired) electrons. The van der Waals surface area contributed by atoms with E-state index in [1.807, 2.05) is 0 Å². The number of carbonyl (C=O) groups is 2. The summed E-state index contributed by atoms with van der Waals surface area (Å²) in [6.45, 7) is 0. The van der Waals surface area contributed by atoms with Gasteiger partial charge in [0.25, 0.3) is 0 Å². The van der Waals surface area contributed by atoms with Crippen LogP contribution in [0, 0.1) is 5.92 Å². The van der Waals surface area contributed by atoms with Crippen LogP contribution >= 0.6 is 0 Å². The monoisotopic (exact) mass is 290 g/mol. The first-order valence-corrected chi connectivity index (χ1v) is 6.17. The Morgan fingerprint density at radius 1 is 1.19 bits per heavy atom. The largest absolute Gasteiger partial charge is 0.504 e. The zero-order chi connectivity index (χ0) is 15.6. The molecule has 0 saturated carbocycles. The lowest BCUT2D eigenvalue weighted by Crippen LogP contribution is -2.45. The highest BCUT2D eigenvalue weighted by Gasteiger charge is 2.44. The van der Waals surface area contributed by atoms with Crippen molar-refractivity contribution in [1.82, 2.24) is 0 Å². The average molecular weight is 290 g/mol. The SMILES string of the molecule is O=CC1(O)C=C(O)C(O)=CC1C(=O)C(O)c1ccccc1. The fourth-order valence-electron chi connectivity index (χ4n) is 2.15. The summed E-state index contributed by atoms with van der Waals surface area (Å²) in [5, 5.41) is 39.0. The fourth-order valence-corrected chi connectivity index (χ4v) is 2.15. The van der Waals surface area contributed by atoms with Gasteiger partial charge in [0.2, 0.25) is 0 Å². The Bertz CT molecular complexity index is 618. The Morgan fingerprint density at radius 2 is 1.81 bits per heavy atom. The summed E-state index contributed by atoms with van der Waals surface area (Å²) >= 11 is 0. The van der Waals surface area contributed by atoms with Crippen molar-refractivity contribution >= 4 is 12.1 Å². The molecule has 6 heteroatoms. The Balaban J connectivity index is 2.36. The third-order valence-electron chi connectivity index (χ3n) is 3.33. The lowest BCUT2D eigenvalue weighted by molar-refractivity contribution is -0.141. The summed E-state index contributed by atoms with van der Waals surface area (Å²) in [5.41, 5.74) is -2.02. The Hall–Kier alpha value is -2.44. The van der Waals surface area contributed by atoms with Crippen LogP contribution in [0.3, 0.4) is 0 Å². The van der Waals surface area contributed by atoms with Crippen LogP contribution in [0.1, 0.15) is 11.7 Å². The van der Waals surface area contributed by atoms with Crippen molar-refractivity contribution in [3.8, 4) is 0 Å². The van der Waals surface area contributed by atoms with Crippen LogP contribution < -0.4 is 0 Å². The Morgan fingerprint density at radius 3 is 2.38 bits per heavy atom. The molecule has 1 aliphatic rings. The van der Waals surface area contributed by atoms with E-state index in [9.17, 15) is 30.0 Å². The number of rotatable bonds is 4. The van der Waals surface area contributed by atoms with E-state index in [1.165, 1.54) is 12.1 Å². The van der Waals surface area contributed by atoms with Gasteiger partial charge in [-0.15, -0.1) is 0 Å². The summed E-state index contributed by atoms with van der Waals surface area (Å²) < 4.78 is 0. The van der Waals surface area contributed by atoms with E-state index >= 15 is 0 Å². The van der Waals surface area contributed by atoms with E-state index in [1.54, 1.807) is 18.2 Å². The molecule has 2 rings (SSSR count). The van der Waals surface area contributed by atoms with Crippen LogP contribution in [0.15, 0.2) is 54.0 Å². The third kappa shape index (κ3) is 2.72. The highest BCUT2D eigenvalue weighted by molar-refractivity contribution is 5.93. The number of Topliss-reactive ketones (excluding diaryl/α,β-unsaturated/α-hetero) is 1. The highest BCUT2D eigenvalue weighted by Crippen LogP contribution is 2.32. The molecule has 1 aromatic rings. The van der Waals surface area contributed by atoms with E-state index in [2.05, 4.69) is 0 Å². The molecule has 21 heavy (non-hydrogen) atoms. The van der Waals surface area contributed by atoms with Crippen LogP contribution in [-0.2, 0) is 9.59 Å². The fraction of sp³-hybridized carbons (Fsp3) is 0.200. The van der Waals surface area contributed by atoms with Gasteiger partial charge >= 0.3 is 0 Å². The molecular weight excluding hydrogens is 276 g/mol. The number of hydrogen-bond acceptors (Lipinski definition) is 6. The van der Waals surface area contributed by atoms with Crippen LogP contribution in [0.2, 0.25) is 0 Å². The second kappa shape index (κ2) is 5.51. The molecule has 0 heterocycles. The molecule has 6 nitrogen and oxygen atoms in total. The van der Waals surface area contributed by atoms with Crippen molar-refractivity contribution < 1.29 is 30.0 Å². The van der Waals surface area contributed by atoms with Crippen LogP contribution in [0.5, 0.6) is 0 Å². The molecule has 1 aromatic carbocycles. The molecule has 1 aliphatic carbocycles. The predicted molar refractivity (Wildman–Crippen MR) is 72.3 cm³/mol. The molecule has 0 aliphatic heterocycles. The van der Waals surface area contributed by atoms with Gasteiger partial charge in [-0.1, -0.05) is 30.3 Å². The maximum atomic E-state index is 12.3. The maximum absolute atomic E-state index is 12.3. The minimum Gasteiger partial charge on any atom is -0.504 e. The predicted octanol–water partition coefficient (Wildman–Crippen LogP) is 0.733. The molecular formula is C15H14O6. The number of ketones is 1. The quantitative estimate of drug-likeness (QED) is 0.608. The van der Waals surface area contributed by atoms with Crippen LogP contribution in [0.25, 0.3) is 0 Å². The second-order valence-corrected chi connectivity index (χ2v) is 4.78. The van der Waals surface area contributed by atoms with Gasteiger partial charge in [-0.25, -0.2) is 0 Å². The maximum Gasteiger partial charge on any atom is 0.176 e. The third-order valence-corrected chi connectivity index (χ3v) is 3.33. The molecule has 3 atom stereocenters. The zero-order valence-electron chi connectivity index (χ0n) is 10.9. The number of hydrogen-bond donors (Lipinski definition) is 4. The van der Waals surface area contributed by atoms with Crippen LogP contribution in [0.4, 0.5) is 0 Å².